The van der Waals surface area contributed by atoms with Gasteiger partial charge >= 0.3 is 5.97 Å². The largest absolute Gasteiger partial charge is 0.480 e. The van der Waals surface area contributed by atoms with Crippen LogP contribution in [-0.4, -0.2) is 59.9 Å². The van der Waals surface area contributed by atoms with Crippen LogP contribution in [0.3, 0.4) is 0 Å². The lowest BCUT2D eigenvalue weighted by Gasteiger charge is -2.22. The molecule has 0 heterocycles. The van der Waals surface area contributed by atoms with Crippen molar-refractivity contribution in [2.24, 2.45) is 17.2 Å². The van der Waals surface area contributed by atoms with Gasteiger partial charge in [0.15, 0.2) is 0 Å². The summed E-state index contributed by atoms with van der Waals surface area (Å²) < 4.78 is 0. The molecule has 25 heavy (non-hydrogen) atoms. The third-order valence-corrected chi connectivity index (χ3v) is 4.07. The zero-order chi connectivity index (χ0) is 19.2. The van der Waals surface area contributed by atoms with Crippen LogP contribution in [0.4, 0.5) is 0 Å². The van der Waals surface area contributed by atoms with Gasteiger partial charge in [0, 0.05) is 5.75 Å². The first-order valence-electron chi connectivity index (χ1n) is 8.47. The number of hydrogen-bond donors (Lipinski definition) is 7. The van der Waals surface area contributed by atoms with E-state index in [4.69, 9.17) is 17.2 Å². The lowest BCUT2D eigenvalue weighted by atomic mass is 10.1. The number of nitrogens with one attached hydrogen (secondary N) is 2. The highest BCUT2D eigenvalue weighted by atomic mass is 32.1. The summed E-state index contributed by atoms with van der Waals surface area (Å²) in [5, 5.41) is 14.3. The van der Waals surface area contributed by atoms with Crippen molar-refractivity contribution in [2.75, 3.05) is 18.8 Å². The van der Waals surface area contributed by atoms with E-state index in [1.54, 1.807) is 0 Å². The number of carbonyl (C=O) groups excluding carboxylic acids is 2. The van der Waals surface area contributed by atoms with Crippen LogP contribution < -0.4 is 27.8 Å². The average molecular weight is 378 g/mol. The van der Waals surface area contributed by atoms with Gasteiger partial charge in [-0.3, -0.25) is 9.59 Å². The van der Waals surface area contributed by atoms with Crippen LogP contribution in [0.2, 0.25) is 0 Å². The third kappa shape index (κ3) is 10.3. The number of aliphatic carboxylic acids is 1. The maximum Gasteiger partial charge on any atom is 0.326 e. The summed E-state index contributed by atoms with van der Waals surface area (Å²) in [5.41, 5.74) is 16.4. The Morgan fingerprint density at radius 2 is 1.36 bits per heavy atom. The molecule has 0 fully saturated rings. The molecule has 9 nitrogen and oxygen atoms in total. The molecule has 3 atom stereocenters. The topological polar surface area (TPSA) is 174 Å². The van der Waals surface area contributed by atoms with E-state index in [-0.39, 0.29) is 12.2 Å². The number of hydrogen-bond acceptors (Lipinski definition) is 7. The predicted molar refractivity (Wildman–Crippen MR) is 99.1 cm³/mol. The van der Waals surface area contributed by atoms with Crippen LogP contribution in [-0.2, 0) is 14.4 Å². The van der Waals surface area contributed by atoms with Gasteiger partial charge in [-0.1, -0.05) is 0 Å². The van der Waals surface area contributed by atoms with Crippen LogP contribution in [0.15, 0.2) is 0 Å². The molecule has 0 aromatic heterocycles. The van der Waals surface area contributed by atoms with Crippen molar-refractivity contribution < 1.29 is 19.5 Å². The SMILES string of the molecule is NCCCCC(NC(=O)C(CCCCN)NC(=O)C(N)CS)C(=O)O. The Bertz CT molecular complexity index is 425. The maximum absolute atomic E-state index is 12.4. The van der Waals surface area contributed by atoms with Gasteiger partial charge in [-0.2, -0.15) is 12.6 Å². The van der Waals surface area contributed by atoms with Crippen LogP contribution >= 0.6 is 12.6 Å². The minimum absolute atomic E-state index is 0.139. The van der Waals surface area contributed by atoms with Crippen molar-refractivity contribution in [3.05, 3.63) is 0 Å². The molecule has 0 aromatic rings. The van der Waals surface area contributed by atoms with Gasteiger partial charge in [-0.25, -0.2) is 4.79 Å². The summed E-state index contributed by atoms with van der Waals surface area (Å²) in [6.45, 7) is 0.926. The quantitative estimate of drug-likeness (QED) is 0.143. The Hall–Kier alpha value is -1.36. The molecule has 0 bridgehead atoms. The Kier molecular flexibility index (Phi) is 13.1. The van der Waals surface area contributed by atoms with E-state index in [2.05, 4.69) is 23.3 Å². The summed E-state index contributed by atoms with van der Waals surface area (Å²) in [6, 6.07) is -2.72. The molecule has 0 aliphatic carbocycles. The summed E-state index contributed by atoms with van der Waals surface area (Å²) in [5.74, 6) is -2.03. The Labute approximate surface area is 153 Å². The van der Waals surface area contributed by atoms with Gasteiger partial charge in [-0.05, 0) is 51.6 Å². The van der Waals surface area contributed by atoms with Crippen LogP contribution in [0, 0.1) is 0 Å². The number of thiol groups is 1. The van der Waals surface area contributed by atoms with Crippen molar-refractivity contribution >= 4 is 30.4 Å². The fourth-order valence-corrected chi connectivity index (χ4v) is 2.31. The molecule has 146 valence electrons. The number of carboxylic acid groups (broad SMARTS) is 1. The molecule has 0 aliphatic heterocycles. The number of amides is 2. The normalized spacial score (nSPS) is 14.4. The van der Waals surface area contributed by atoms with Crippen molar-refractivity contribution in [3.8, 4) is 0 Å². The van der Waals surface area contributed by atoms with Gasteiger partial charge in [-0.15, -0.1) is 0 Å². The molecule has 2 amide bonds. The van der Waals surface area contributed by atoms with Gasteiger partial charge < -0.3 is 32.9 Å². The van der Waals surface area contributed by atoms with Crippen LogP contribution in [0.25, 0.3) is 0 Å². The maximum atomic E-state index is 12.4. The second-order valence-electron chi connectivity index (χ2n) is 5.82. The molecule has 0 rings (SSSR count). The molecule has 0 radical (unpaired) electrons. The van der Waals surface area contributed by atoms with Gasteiger partial charge in [0.1, 0.15) is 12.1 Å². The second-order valence-corrected chi connectivity index (χ2v) is 6.18. The predicted octanol–water partition coefficient (Wildman–Crippen LogP) is -1.44. The lowest BCUT2D eigenvalue weighted by molar-refractivity contribution is -0.142. The summed E-state index contributed by atoms with van der Waals surface area (Å²) in [7, 11) is 0. The lowest BCUT2D eigenvalue weighted by Crippen LogP contribution is -2.54. The van der Waals surface area contributed by atoms with Crippen molar-refractivity contribution in [1.82, 2.24) is 10.6 Å². The van der Waals surface area contributed by atoms with E-state index in [1.807, 2.05) is 0 Å². The molecule has 0 aromatic carbocycles. The molecular weight excluding hydrogens is 346 g/mol. The van der Waals surface area contributed by atoms with E-state index in [9.17, 15) is 19.5 Å². The van der Waals surface area contributed by atoms with Gasteiger partial charge in [0.25, 0.3) is 0 Å². The molecule has 3 unspecified atom stereocenters. The number of carbonyl (C=O) groups is 3. The van der Waals surface area contributed by atoms with E-state index in [0.717, 1.165) is 0 Å². The highest BCUT2D eigenvalue weighted by Crippen LogP contribution is 2.05. The molecule has 0 spiro atoms. The number of carboxylic acids is 1. The van der Waals surface area contributed by atoms with Crippen LogP contribution in [0.1, 0.15) is 38.5 Å². The number of unbranched alkanes of at least 4 members (excludes halogenated alkanes) is 2. The monoisotopic (exact) mass is 377 g/mol. The smallest absolute Gasteiger partial charge is 0.326 e. The van der Waals surface area contributed by atoms with Crippen molar-refractivity contribution in [3.63, 3.8) is 0 Å². The summed E-state index contributed by atoms with van der Waals surface area (Å²) in [4.78, 5) is 35.7. The fourth-order valence-electron chi connectivity index (χ4n) is 2.15. The Morgan fingerprint density at radius 1 is 0.880 bits per heavy atom. The van der Waals surface area contributed by atoms with Crippen LogP contribution in [0.5, 0.6) is 0 Å². The highest BCUT2D eigenvalue weighted by molar-refractivity contribution is 7.80. The fraction of sp³-hybridized carbons (Fsp3) is 0.800. The summed E-state index contributed by atoms with van der Waals surface area (Å²) in [6.07, 6.45) is 3.20. The highest BCUT2D eigenvalue weighted by Gasteiger charge is 2.27. The minimum Gasteiger partial charge on any atom is -0.480 e. The number of nitrogens with two attached hydrogens (primary N) is 3. The second kappa shape index (κ2) is 13.9. The molecule has 0 aliphatic rings. The van der Waals surface area contributed by atoms with E-state index in [1.165, 1.54) is 0 Å². The Balaban J connectivity index is 4.85. The average Bonchev–Trinajstić information content (AvgIpc) is 2.58. The third-order valence-electron chi connectivity index (χ3n) is 3.67. The van der Waals surface area contributed by atoms with E-state index < -0.39 is 35.9 Å². The first kappa shape index (κ1) is 23.6. The molecule has 10 heteroatoms. The van der Waals surface area contributed by atoms with E-state index >= 15 is 0 Å². The minimum atomic E-state index is -1.12. The zero-order valence-corrected chi connectivity index (χ0v) is 15.3. The zero-order valence-electron chi connectivity index (χ0n) is 14.4. The standard InChI is InChI=1S/C15H31N5O4S/c16-7-3-1-5-11(19-13(21)10(18)9-25)14(22)20-12(15(23)24)6-2-4-8-17/h10-12,25H,1-9,16-18H2,(H,19,21)(H,20,22)(H,23,24). The van der Waals surface area contributed by atoms with Crippen molar-refractivity contribution in [1.29, 1.82) is 0 Å². The van der Waals surface area contributed by atoms with E-state index in [0.29, 0.717) is 45.2 Å². The molecule has 9 N–H and O–H groups in total. The number of rotatable bonds is 14. The molecule has 0 saturated carbocycles. The first-order valence-corrected chi connectivity index (χ1v) is 9.10. The molecule has 0 saturated heterocycles. The molecular formula is C15H31N5O4S. The van der Waals surface area contributed by atoms with Crippen molar-refractivity contribution in [2.45, 2.75) is 56.7 Å². The van der Waals surface area contributed by atoms with Gasteiger partial charge in [0.2, 0.25) is 11.8 Å². The first-order chi connectivity index (χ1) is 11.9. The Morgan fingerprint density at radius 3 is 1.80 bits per heavy atom. The summed E-state index contributed by atoms with van der Waals surface area (Å²) >= 11 is 3.95. The van der Waals surface area contributed by atoms with Gasteiger partial charge in [0.05, 0.1) is 6.04 Å².